The third kappa shape index (κ3) is 5.05. The smallest absolute Gasteiger partial charge is 0.345 e. The van der Waals surface area contributed by atoms with Gasteiger partial charge in [-0.25, -0.2) is 24.0 Å². The molecule has 186 valence electrons. The normalized spacial score (nSPS) is 14.6. The summed E-state index contributed by atoms with van der Waals surface area (Å²) in [5, 5.41) is 7.66. The lowest BCUT2D eigenvalue weighted by Crippen LogP contribution is -2.62. The van der Waals surface area contributed by atoms with Gasteiger partial charge in [0, 0.05) is 36.3 Å². The lowest BCUT2D eigenvalue weighted by molar-refractivity contribution is -0.159. The molecule has 1 fully saturated rings. The molecule has 0 radical (unpaired) electrons. The van der Waals surface area contributed by atoms with E-state index in [1.807, 2.05) is 24.3 Å². The summed E-state index contributed by atoms with van der Waals surface area (Å²) in [4.78, 5) is 18.7. The summed E-state index contributed by atoms with van der Waals surface area (Å²) in [5.41, 5.74) is 6.95. The van der Waals surface area contributed by atoms with Gasteiger partial charge in [-0.3, -0.25) is 0 Å². The monoisotopic (exact) mass is 497 g/mol. The molecule has 13 heteroatoms. The fourth-order valence-corrected chi connectivity index (χ4v) is 3.81. The predicted octanol–water partition coefficient (Wildman–Crippen LogP) is 3.43. The van der Waals surface area contributed by atoms with Crippen molar-refractivity contribution >= 4 is 23.4 Å². The minimum Gasteiger partial charge on any atom is -0.368 e. The van der Waals surface area contributed by atoms with Crippen molar-refractivity contribution in [3.8, 4) is 22.6 Å². The number of nitrogens with zero attached hydrogens (tertiary/aromatic N) is 7. The van der Waals surface area contributed by atoms with Crippen LogP contribution in [-0.2, 0) is 11.8 Å². The minimum atomic E-state index is -2.99. The highest BCUT2D eigenvalue weighted by Crippen LogP contribution is 2.31. The van der Waals surface area contributed by atoms with Crippen molar-refractivity contribution < 1.29 is 17.9 Å². The SMILES string of the molecule is Cn1nc(-c2ccc(N3CC(F)(COC(F)F)C3)nc2)nc1Nc1ccc(-c2ccnc(N)n2)cc1. The van der Waals surface area contributed by atoms with E-state index in [-0.39, 0.29) is 19.0 Å². The Balaban J connectivity index is 1.23. The van der Waals surface area contributed by atoms with Gasteiger partial charge in [0.1, 0.15) is 5.82 Å². The van der Waals surface area contributed by atoms with Crippen LogP contribution in [0.15, 0.2) is 54.9 Å². The maximum Gasteiger partial charge on any atom is 0.345 e. The molecular formula is C23H22F3N9O. The zero-order chi connectivity index (χ0) is 25.3. The fraction of sp³-hybridized carbons (Fsp3) is 0.261. The van der Waals surface area contributed by atoms with Crippen LogP contribution >= 0.6 is 0 Å². The van der Waals surface area contributed by atoms with Crippen LogP contribution in [0.3, 0.4) is 0 Å². The van der Waals surface area contributed by atoms with E-state index in [4.69, 9.17) is 5.73 Å². The van der Waals surface area contributed by atoms with E-state index in [1.165, 1.54) is 0 Å². The number of hydrogen-bond donors (Lipinski definition) is 2. The molecule has 1 aromatic carbocycles. The summed E-state index contributed by atoms with van der Waals surface area (Å²) in [6.45, 7) is -3.76. The number of nitrogen functional groups attached to an aromatic ring is 1. The summed E-state index contributed by atoms with van der Waals surface area (Å²) < 4.78 is 44.4. The molecule has 0 aliphatic carbocycles. The highest BCUT2D eigenvalue weighted by atomic mass is 19.3. The number of nitrogens with one attached hydrogen (secondary N) is 1. The molecule has 1 aliphatic rings. The molecular weight excluding hydrogens is 475 g/mol. The van der Waals surface area contributed by atoms with Crippen LogP contribution < -0.4 is 16.0 Å². The van der Waals surface area contributed by atoms with Crippen molar-refractivity contribution in [2.75, 3.05) is 35.6 Å². The Kier molecular flexibility index (Phi) is 6.14. The van der Waals surface area contributed by atoms with Gasteiger partial charge in [-0.15, -0.1) is 5.10 Å². The van der Waals surface area contributed by atoms with E-state index in [0.717, 1.165) is 16.9 Å². The third-order valence-electron chi connectivity index (χ3n) is 5.62. The first-order chi connectivity index (χ1) is 17.3. The number of benzene rings is 1. The van der Waals surface area contributed by atoms with E-state index in [9.17, 15) is 13.2 Å². The summed E-state index contributed by atoms with van der Waals surface area (Å²) in [7, 11) is 1.76. The number of pyridine rings is 1. The Morgan fingerprint density at radius 2 is 1.81 bits per heavy atom. The van der Waals surface area contributed by atoms with Crippen LogP contribution in [0.5, 0.6) is 0 Å². The van der Waals surface area contributed by atoms with Crippen molar-refractivity contribution in [3.05, 3.63) is 54.9 Å². The molecule has 0 bridgehead atoms. The molecule has 1 aliphatic heterocycles. The molecule has 0 saturated carbocycles. The van der Waals surface area contributed by atoms with Crippen molar-refractivity contribution in [2.24, 2.45) is 7.05 Å². The molecule has 4 aromatic rings. The average molecular weight is 497 g/mol. The number of nitrogens with two attached hydrogens (primary N) is 1. The molecule has 3 aromatic heterocycles. The number of alkyl halides is 3. The second-order valence-electron chi connectivity index (χ2n) is 8.37. The standard InChI is InChI=1S/C23H22F3N9O/c1-34-22(30-16-5-2-14(3-6-16)17-8-9-28-21(27)31-17)32-19(33-34)15-4-7-18(29-10-15)35-11-23(26,12-35)13-36-20(24)25/h2-10,20H,11-13H2,1H3,(H2,27,28,31)(H,30,32,33). The summed E-state index contributed by atoms with van der Waals surface area (Å²) >= 11 is 0. The highest BCUT2D eigenvalue weighted by Gasteiger charge is 2.45. The average Bonchev–Trinajstić information content (AvgIpc) is 3.21. The van der Waals surface area contributed by atoms with Crippen molar-refractivity contribution in [3.63, 3.8) is 0 Å². The number of anilines is 4. The summed E-state index contributed by atoms with van der Waals surface area (Å²) in [6.07, 6.45) is 3.20. The topological polar surface area (TPSA) is 120 Å². The first-order valence-corrected chi connectivity index (χ1v) is 11.0. The molecule has 3 N–H and O–H groups in total. The lowest BCUT2D eigenvalue weighted by Gasteiger charge is -2.44. The quantitative estimate of drug-likeness (QED) is 0.377. The number of ether oxygens (including phenoxy) is 1. The zero-order valence-corrected chi connectivity index (χ0v) is 19.1. The van der Waals surface area contributed by atoms with E-state index in [0.29, 0.717) is 23.2 Å². The largest absolute Gasteiger partial charge is 0.368 e. The van der Waals surface area contributed by atoms with Gasteiger partial charge < -0.3 is 20.7 Å². The van der Waals surface area contributed by atoms with Crippen LogP contribution in [0, 0.1) is 0 Å². The third-order valence-corrected chi connectivity index (χ3v) is 5.62. The predicted molar refractivity (Wildman–Crippen MR) is 127 cm³/mol. The molecule has 1 saturated heterocycles. The van der Waals surface area contributed by atoms with E-state index < -0.39 is 18.9 Å². The van der Waals surface area contributed by atoms with Gasteiger partial charge >= 0.3 is 6.61 Å². The molecule has 4 heterocycles. The van der Waals surface area contributed by atoms with Gasteiger partial charge in [0.25, 0.3) is 0 Å². The first-order valence-electron chi connectivity index (χ1n) is 11.0. The summed E-state index contributed by atoms with van der Waals surface area (Å²) in [6, 6.07) is 12.9. The minimum absolute atomic E-state index is 0.0641. The molecule has 36 heavy (non-hydrogen) atoms. The number of rotatable bonds is 8. The van der Waals surface area contributed by atoms with E-state index in [2.05, 4.69) is 35.1 Å². The Hall–Kier alpha value is -4.26. The zero-order valence-electron chi connectivity index (χ0n) is 19.1. The Bertz CT molecular complexity index is 1340. The van der Waals surface area contributed by atoms with E-state index in [1.54, 1.807) is 47.2 Å². The molecule has 5 rings (SSSR count). The molecule has 0 spiro atoms. The van der Waals surface area contributed by atoms with Crippen LogP contribution in [0.2, 0.25) is 0 Å². The van der Waals surface area contributed by atoms with Gasteiger partial charge in [0.15, 0.2) is 11.5 Å². The van der Waals surface area contributed by atoms with Crippen LogP contribution in [-0.4, -0.2) is 61.7 Å². The maximum absolute atomic E-state index is 14.3. The van der Waals surface area contributed by atoms with Crippen LogP contribution in [0.25, 0.3) is 22.6 Å². The second-order valence-corrected chi connectivity index (χ2v) is 8.37. The van der Waals surface area contributed by atoms with Gasteiger partial charge in [0.05, 0.1) is 25.4 Å². The van der Waals surface area contributed by atoms with Gasteiger partial charge in [-0.1, -0.05) is 12.1 Å². The number of hydrogen-bond acceptors (Lipinski definition) is 9. The first kappa shape index (κ1) is 23.5. The van der Waals surface area contributed by atoms with Crippen LogP contribution in [0.4, 0.5) is 36.6 Å². The summed E-state index contributed by atoms with van der Waals surface area (Å²) in [5.74, 6) is 1.73. The lowest BCUT2D eigenvalue weighted by atomic mass is 9.97. The number of aryl methyl sites for hydroxylation is 1. The van der Waals surface area contributed by atoms with Gasteiger partial charge in [-0.2, -0.15) is 13.8 Å². The van der Waals surface area contributed by atoms with Crippen molar-refractivity contribution in [1.82, 2.24) is 29.7 Å². The van der Waals surface area contributed by atoms with Gasteiger partial charge in [-0.05, 0) is 30.3 Å². The van der Waals surface area contributed by atoms with Crippen molar-refractivity contribution in [1.29, 1.82) is 0 Å². The molecule has 10 nitrogen and oxygen atoms in total. The number of halogens is 3. The fourth-order valence-electron chi connectivity index (χ4n) is 3.81. The molecule has 0 atom stereocenters. The Labute approximate surface area is 204 Å². The highest BCUT2D eigenvalue weighted by molar-refractivity contribution is 5.66. The van der Waals surface area contributed by atoms with E-state index >= 15 is 0 Å². The molecule has 0 amide bonds. The Morgan fingerprint density at radius 3 is 2.47 bits per heavy atom. The van der Waals surface area contributed by atoms with Crippen molar-refractivity contribution in [2.45, 2.75) is 12.3 Å². The van der Waals surface area contributed by atoms with Gasteiger partial charge in [0.2, 0.25) is 11.9 Å². The second kappa shape index (κ2) is 9.41. The molecule has 0 unspecified atom stereocenters. The van der Waals surface area contributed by atoms with Crippen LogP contribution in [0.1, 0.15) is 0 Å². The number of aromatic nitrogens is 6. The Morgan fingerprint density at radius 1 is 1.06 bits per heavy atom. The maximum atomic E-state index is 14.3.